The van der Waals surface area contributed by atoms with Crippen molar-refractivity contribution in [2.24, 2.45) is 11.3 Å². The number of carbonyl (C=O) groups is 3. The zero-order chi connectivity index (χ0) is 30.4. The Kier molecular flexibility index (Phi) is 8.34. The average Bonchev–Trinajstić information content (AvgIpc) is 3.05. The van der Waals surface area contributed by atoms with Gasteiger partial charge >= 0.3 is 17.9 Å². The first-order chi connectivity index (χ1) is 19.1. The van der Waals surface area contributed by atoms with Crippen LogP contribution in [0.15, 0.2) is 42.7 Å². The van der Waals surface area contributed by atoms with Gasteiger partial charge < -0.3 is 33.5 Å². The van der Waals surface area contributed by atoms with Crippen LogP contribution in [0.2, 0.25) is 0 Å². The summed E-state index contributed by atoms with van der Waals surface area (Å²) in [6, 6.07) is 9.41. The maximum atomic E-state index is 12.7. The van der Waals surface area contributed by atoms with Gasteiger partial charge in [0.05, 0.1) is 29.5 Å². The third kappa shape index (κ3) is 5.15. The van der Waals surface area contributed by atoms with E-state index in [1.165, 1.54) is 20.8 Å². The number of ether oxygens (including phenoxy) is 6. The maximum absolute atomic E-state index is 12.7. The highest BCUT2D eigenvalue weighted by Gasteiger charge is 2.86. The van der Waals surface area contributed by atoms with Crippen LogP contribution in [0.4, 0.5) is 0 Å². The van der Waals surface area contributed by atoms with Crippen molar-refractivity contribution in [1.82, 2.24) is 0 Å². The van der Waals surface area contributed by atoms with E-state index >= 15 is 0 Å². The Hall–Kier alpha value is -2.95. The van der Waals surface area contributed by atoms with E-state index in [1.807, 2.05) is 44.2 Å². The van der Waals surface area contributed by atoms with Crippen LogP contribution in [0.3, 0.4) is 0 Å². The molecule has 8 atom stereocenters. The molecule has 3 aliphatic rings. The molecular formula is C31H42O10. The van der Waals surface area contributed by atoms with Gasteiger partial charge in [0.2, 0.25) is 0 Å². The van der Waals surface area contributed by atoms with Gasteiger partial charge in [-0.1, -0.05) is 36.9 Å². The summed E-state index contributed by atoms with van der Waals surface area (Å²) in [5.74, 6) is -2.04. The lowest BCUT2D eigenvalue weighted by Crippen LogP contribution is -2.83. The van der Waals surface area contributed by atoms with Crippen molar-refractivity contribution in [3.05, 3.63) is 48.2 Å². The van der Waals surface area contributed by atoms with Crippen LogP contribution in [-0.4, -0.2) is 70.8 Å². The number of aliphatic hydroxyl groups is 1. The molecule has 10 heteroatoms. The Morgan fingerprint density at radius 3 is 2.15 bits per heavy atom. The lowest BCUT2D eigenvalue weighted by atomic mass is 9.46. The Balaban J connectivity index is 2.06. The lowest BCUT2D eigenvalue weighted by molar-refractivity contribution is -0.356. The van der Waals surface area contributed by atoms with Gasteiger partial charge in [-0.2, -0.15) is 0 Å². The molecule has 41 heavy (non-hydrogen) atoms. The molecule has 2 aliphatic carbocycles. The summed E-state index contributed by atoms with van der Waals surface area (Å²) in [5.41, 5.74) is -5.03. The Morgan fingerprint density at radius 2 is 1.59 bits per heavy atom. The molecule has 10 nitrogen and oxygen atoms in total. The lowest BCUT2D eigenvalue weighted by Gasteiger charge is -2.66. The van der Waals surface area contributed by atoms with Crippen molar-refractivity contribution < 1.29 is 47.9 Å². The van der Waals surface area contributed by atoms with Crippen molar-refractivity contribution in [2.75, 3.05) is 6.61 Å². The molecular weight excluding hydrogens is 532 g/mol. The molecule has 1 spiro atoms. The summed E-state index contributed by atoms with van der Waals surface area (Å²) in [6.45, 7) is 14.5. The third-order valence-corrected chi connectivity index (χ3v) is 8.80. The summed E-state index contributed by atoms with van der Waals surface area (Å²) in [6.07, 6.45) is -3.60. The van der Waals surface area contributed by atoms with Crippen molar-refractivity contribution in [1.29, 1.82) is 0 Å². The minimum absolute atomic E-state index is 0.0925. The van der Waals surface area contributed by atoms with E-state index in [0.29, 0.717) is 5.76 Å². The van der Waals surface area contributed by atoms with Gasteiger partial charge in [-0.15, -0.1) is 0 Å². The van der Waals surface area contributed by atoms with Crippen molar-refractivity contribution in [3.8, 4) is 0 Å². The number of allylic oxidation sites excluding steroid dienone is 1. The molecule has 1 aromatic carbocycles. The number of esters is 3. The van der Waals surface area contributed by atoms with Gasteiger partial charge in [-0.3, -0.25) is 14.4 Å². The molecule has 0 unspecified atom stereocenters. The van der Waals surface area contributed by atoms with Crippen LogP contribution in [0, 0.1) is 11.3 Å². The van der Waals surface area contributed by atoms with Crippen LogP contribution in [-0.2, 0) is 49.4 Å². The Labute approximate surface area is 241 Å². The molecule has 0 amide bonds. The van der Waals surface area contributed by atoms with Crippen molar-refractivity contribution in [3.63, 3.8) is 0 Å². The molecule has 2 saturated carbocycles. The fourth-order valence-corrected chi connectivity index (χ4v) is 7.55. The smallest absolute Gasteiger partial charge is 0.303 e. The number of benzene rings is 1. The molecule has 3 fully saturated rings. The highest BCUT2D eigenvalue weighted by molar-refractivity contribution is 5.67. The monoisotopic (exact) mass is 574 g/mol. The number of carbonyl (C=O) groups excluding carboxylic acids is 3. The van der Waals surface area contributed by atoms with E-state index in [9.17, 15) is 19.5 Å². The molecule has 1 N–H and O–H groups in total. The SMILES string of the molecule is C=C(C)O[C@@H]1[C@H]2[C@@H](OC(C)=O)[C@@H](OCc3ccccc3)[C@]3(COC(C)=O)[C@@H](OC(C)=O)CC[C@](C)(O)[C@@]13OC2(C)C. The van der Waals surface area contributed by atoms with Gasteiger partial charge in [-0.25, -0.2) is 0 Å². The van der Waals surface area contributed by atoms with Crippen LogP contribution < -0.4 is 0 Å². The molecule has 0 aromatic heterocycles. The maximum Gasteiger partial charge on any atom is 0.303 e. The number of hydrogen-bond acceptors (Lipinski definition) is 10. The van der Waals surface area contributed by atoms with Crippen LogP contribution in [0.25, 0.3) is 0 Å². The zero-order valence-corrected chi connectivity index (χ0v) is 24.9. The second-order valence-electron chi connectivity index (χ2n) is 12.2. The first-order valence-electron chi connectivity index (χ1n) is 14.0. The minimum Gasteiger partial charge on any atom is -0.492 e. The minimum atomic E-state index is -1.65. The van der Waals surface area contributed by atoms with Gasteiger partial charge in [0, 0.05) is 20.8 Å². The summed E-state index contributed by atoms with van der Waals surface area (Å²) >= 11 is 0. The average molecular weight is 575 g/mol. The van der Waals surface area contributed by atoms with E-state index in [0.717, 1.165) is 5.56 Å². The van der Waals surface area contributed by atoms with E-state index < -0.39 is 70.5 Å². The number of fused-ring (bicyclic) bond motifs is 1. The van der Waals surface area contributed by atoms with E-state index in [4.69, 9.17) is 28.4 Å². The third-order valence-electron chi connectivity index (χ3n) is 8.80. The zero-order valence-electron chi connectivity index (χ0n) is 24.9. The molecule has 1 saturated heterocycles. The van der Waals surface area contributed by atoms with Gasteiger partial charge in [0.1, 0.15) is 42.0 Å². The van der Waals surface area contributed by atoms with Crippen LogP contribution in [0.5, 0.6) is 0 Å². The van der Waals surface area contributed by atoms with Crippen molar-refractivity contribution >= 4 is 17.9 Å². The number of hydrogen-bond donors (Lipinski definition) is 1. The largest absolute Gasteiger partial charge is 0.492 e. The Morgan fingerprint density at radius 1 is 0.951 bits per heavy atom. The molecule has 1 aromatic rings. The van der Waals surface area contributed by atoms with Gasteiger partial charge in [0.25, 0.3) is 0 Å². The molecule has 1 aliphatic heterocycles. The summed E-state index contributed by atoms with van der Waals surface area (Å²) in [7, 11) is 0. The fraction of sp³-hybridized carbons (Fsp3) is 0.645. The summed E-state index contributed by atoms with van der Waals surface area (Å²) in [4.78, 5) is 37.6. The molecule has 0 radical (unpaired) electrons. The first-order valence-corrected chi connectivity index (χ1v) is 14.0. The van der Waals surface area contributed by atoms with E-state index in [-0.39, 0.29) is 26.1 Å². The standard InChI is InChI=1S/C31H42O10/c1-18(2)38-26-24-25(40-21(5)34)27(36-16-22-12-10-9-11-13-22)30(17-37-19(3)32)23(39-20(4)33)14-15-29(8,35)31(26,30)41-28(24,6)7/h9-13,23-27,35H,1,14-17H2,2-8H3/t23-,24+,25+,26+,27+,29-,30-,31-/m0/s1. The second kappa shape index (κ2) is 11.0. The molecule has 4 rings (SSSR count). The Bertz CT molecular complexity index is 1180. The highest BCUT2D eigenvalue weighted by atomic mass is 16.6. The van der Waals surface area contributed by atoms with Gasteiger partial charge in [0.15, 0.2) is 0 Å². The van der Waals surface area contributed by atoms with Crippen LogP contribution >= 0.6 is 0 Å². The number of rotatable bonds is 9. The molecule has 226 valence electrons. The quantitative estimate of drug-likeness (QED) is 0.265. The topological polar surface area (TPSA) is 127 Å². The van der Waals surface area contributed by atoms with Crippen LogP contribution in [0.1, 0.15) is 66.9 Å². The predicted octanol–water partition coefficient (Wildman–Crippen LogP) is 3.63. The molecule has 1 heterocycles. The van der Waals surface area contributed by atoms with Crippen molar-refractivity contribution in [2.45, 2.75) is 109 Å². The normalized spacial score (nSPS) is 36.9. The molecule has 2 bridgehead atoms. The first kappa shape index (κ1) is 31.0. The van der Waals surface area contributed by atoms with Gasteiger partial charge in [-0.05, 0) is 46.1 Å². The summed E-state index contributed by atoms with van der Waals surface area (Å²) in [5, 5.41) is 12.3. The predicted molar refractivity (Wildman–Crippen MR) is 146 cm³/mol. The van der Waals surface area contributed by atoms with E-state index in [2.05, 4.69) is 6.58 Å². The summed E-state index contributed by atoms with van der Waals surface area (Å²) < 4.78 is 37.8. The fourth-order valence-electron chi connectivity index (χ4n) is 7.55. The van der Waals surface area contributed by atoms with E-state index in [1.54, 1.807) is 13.8 Å². The second-order valence-corrected chi connectivity index (χ2v) is 12.2. The highest BCUT2D eigenvalue weighted by Crippen LogP contribution is 2.69.